The quantitative estimate of drug-likeness (QED) is 0.130. The van der Waals surface area contributed by atoms with E-state index in [4.69, 9.17) is 29.4 Å². The first-order valence-corrected chi connectivity index (χ1v) is 23.5. The molecule has 0 aromatic heterocycles. The maximum Gasteiger partial charge on any atom is 0.314 e. The van der Waals surface area contributed by atoms with E-state index in [1.54, 1.807) is 86.8 Å². The lowest BCUT2D eigenvalue weighted by atomic mass is 9.80. The molecule has 0 radical (unpaired) electrons. The zero-order valence-electron chi connectivity index (χ0n) is 39.8. The van der Waals surface area contributed by atoms with Gasteiger partial charge in [0.2, 0.25) is 0 Å². The molecule has 0 aliphatic carbocycles. The Hall–Kier alpha value is -3.74. The largest absolute Gasteiger partial charge is 0.462 e. The smallest absolute Gasteiger partial charge is 0.314 e. The van der Waals surface area contributed by atoms with Gasteiger partial charge in [0.1, 0.15) is 36.9 Å². The molecule has 19 nitrogen and oxygen atoms in total. The molecular weight excluding hydrogens is 903 g/mol. The molecule has 3 heterocycles. The maximum absolute atomic E-state index is 13.4. The standard InChI is InChI=1S/C50H77NO18/c1-6-23-65-48(63)41-39-27-36(68-49-46(61)42(51)44(59)32(5)67-49)20-18-16-14-12-10-8-7-9-11-13-15-17-19-29(2)43(58)30(3)31(4)66-40(57)26-34(53)24-33(52)21-22-37(55)38(56)25-35(54)28-50(64,69-39)47(62)45(41)60/h6-20,29-39,41-47,49,52-56,58-62,64H,1,21-28,51H2,2-5H3/b8-7+,11-9+,12-10+,15-13+,16-14+,19-17+,20-18+. The summed E-state index contributed by atoms with van der Waals surface area (Å²) in [6.45, 7) is 9.95. The van der Waals surface area contributed by atoms with Crippen molar-refractivity contribution >= 4 is 11.9 Å². The summed E-state index contributed by atoms with van der Waals surface area (Å²) in [5.41, 5.74) is 6.06. The van der Waals surface area contributed by atoms with Crippen molar-refractivity contribution in [2.75, 3.05) is 6.61 Å². The first kappa shape index (κ1) is 59.6. The molecule has 2 fully saturated rings. The average molecular weight is 980 g/mol. The Morgan fingerprint density at radius 2 is 1.30 bits per heavy atom. The number of aliphatic hydroxyl groups is 11. The molecular formula is C50H77NO18. The minimum absolute atomic E-state index is 0.143. The summed E-state index contributed by atoms with van der Waals surface area (Å²) in [4.78, 5) is 26.1. The fraction of sp³-hybridized carbons (Fsp3) is 0.640. The van der Waals surface area contributed by atoms with E-state index < -0.39 is 147 Å². The van der Waals surface area contributed by atoms with Crippen molar-refractivity contribution in [1.82, 2.24) is 0 Å². The van der Waals surface area contributed by atoms with Crippen LogP contribution in [0.3, 0.4) is 0 Å². The Morgan fingerprint density at radius 3 is 1.90 bits per heavy atom. The predicted octanol–water partition coefficient (Wildman–Crippen LogP) is 0.327. The Balaban J connectivity index is 1.94. The number of allylic oxidation sites excluding steroid dienone is 12. The third-order valence-electron chi connectivity index (χ3n) is 12.5. The second-order valence-electron chi connectivity index (χ2n) is 18.2. The van der Waals surface area contributed by atoms with Crippen LogP contribution in [0.1, 0.15) is 72.6 Å². The summed E-state index contributed by atoms with van der Waals surface area (Å²) in [5.74, 6) is -6.99. The molecule has 0 aromatic rings. The molecule has 3 rings (SSSR count). The second-order valence-corrected chi connectivity index (χ2v) is 18.2. The molecule has 0 saturated carbocycles. The zero-order valence-corrected chi connectivity index (χ0v) is 39.8. The Bertz CT molecular complexity index is 1780. The Labute approximate surface area is 404 Å². The molecule has 20 unspecified atom stereocenters. The van der Waals surface area contributed by atoms with Crippen LogP contribution < -0.4 is 5.73 Å². The van der Waals surface area contributed by atoms with Gasteiger partial charge in [0.25, 0.3) is 0 Å². The van der Waals surface area contributed by atoms with Gasteiger partial charge in [0.05, 0.1) is 73.5 Å². The normalized spacial score (nSPS) is 44.5. The average Bonchev–Trinajstić information content (AvgIpc) is 3.29. The molecule has 13 N–H and O–H groups in total. The minimum Gasteiger partial charge on any atom is -0.462 e. The van der Waals surface area contributed by atoms with E-state index in [1.807, 2.05) is 13.0 Å². The Kier molecular flexibility index (Phi) is 25.5. The lowest BCUT2D eigenvalue weighted by Crippen LogP contribution is -2.65. The van der Waals surface area contributed by atoms with Gasteiger partial charge in [-0.05, 0) is 33.1 Å². The van der Waals surface area contributed by atoms with Gasteiger partial charge in [0.15, 0.2) is 12.1 Å². The fourth-order valence-electron chi connectivity index (χ4n) is 8.16. The van der Waals surface area contributed by atoms with Crippen LogP contribution in [-0.2, 0) is 33.3 Å². The number of hydrogen-bond donors (Lipinski definition) is 12. The molecule has 69 heavy (non-hydrogen) atoms. The van der Waals surface area contributed by atoms with Crippen molar-refractivity contribution in [1.29, 1.82) is 0 Å². The summed E-state index contributed by atoms with van der Waals surface area (Å²) >= 11 is 0. The summed E-state index contributed by atoms with van der Waals surface area (Å²) in [6.07, 6.45) is 1.51. The van der Waals surface area contributed by atoms with E-state index in [2.05, 4.69) is 6.58 Å². The highest BCUT2D eigenvalue weighted by molar-refractivity contribution is 5.74. The van der Waals surface area contributed by atoms with Crippen LogP contribution >= 0.6 is 0 Å². The lowest BCUT2D eigenvalue weighted by Gasteiger charge is -2.48. The monoisotopic (exact) mass is 980 g/mol. The molecule has 2 bridgehead atoms. The first-order chi connectivity index (χ1) is 32.6. The topological polar surface area (TPSA) is 329 Å². The first-order valence-electron chi connectivity index (χ1n) is 23.5. The van der Waals surface area contributed by atoms with Gasteiger partial charge >= 0.3 is 11.9 Å². The highest BCUT2D eigenvalue weighted by atomic mass is 16.7. The number of aliphatic hydroxyl groups excluding tert-OH is 10. The van der Waals surface area contributed by atoms with Crippen molar-refractivity contribution < 1.29 is 89.4 Å². The molecule has 0 aromatic carbocycles. The van der Waals surface area contributed by atoms with E-state index in [-0.39, 0.29) is 38.2 Å². The SMILES string of the molecule is C=CCOC(=O)C1C2CC(OC3OC(C)C(O)C(N)C3O)/C=C/C=C/C=C/C=C/C=C/C=C/C=C/C(C)C(O)C(C)C(C)OC(=O)CC(O)CC(O)CCC(O)C(O)CC(O)CC(O)(O2)C(O)C1O. The summed E-state index contributed by atoms with van der Waals surface area (Å²) in [5, 5.41) is 120. The van der Waals surface area contributed by atoms with Crippen molar-refractivity contribution in [3.05, 3.63) is 97.7 Å². The predicted molar refractivity (Wildman–Crippen MR) is 252 cm³/mol. The fourth-order valence-corrected chi connectivity index (χ4v) is 8.16. The maximum atomic E-state index is 13.4. The van der Waals surface area contributed by atoms with Crippen LogP contribution in [0.5, 0.6) is 0 Å². The minimum atomic E-state index is -2.78. The third kappa shape index (κ3) is 19.1. The van der Waals surface area contributed by atoms with E-state index in [0.717, 1.165) is 0 Å². The van der Waals surface area contributed by atoms with Crippen molar-refractivity contribution in [2.45, 2.75) is 176 Å². The van der Waals surface area contributed by atoms with Gasteiger partial charge in [-0.3, -0.25) is 9.59 Å². The van der Waals surface area contributed by atoms with Crippen LogP contribution in [0.25, 0.3) is 0 Å². The van der Waals surface area contributed by atoms with Crippen LogP contribution in [0.15, 0.2) is 97.7 Å². The lowest BCUT2D eigenvalue weighted by molar-refractivity contribution is -0.347. The molecule has 20 atom stereocenters. The van der Waals surface area contributed by atoms with Crippen molar-refractivity contribution in [3.8, 4) is 0 Å². The number of fused-ring (bicyclic) bond motifs is 2. The van der Waals surface area contributed by atoms with Crippen LogP contribution in [0.2, 0.25) is 0 Å². The number of ether oxygens (including phenoxy) is 5. The Morgan fingerprint density at radius 1 is 0.725 bits per heavy atom. The number of nitrogens with two attached hydrogens (primary N) is 1. The number of rotatable bonds is 5. The molecule has 19 heteroatoms. The van der Waals surface area contributed by atoms with Gasteiger partial charge in [-0.1, -0.05) is 112 Å². The highest BCUT2D eigenvalue weighted by Crippen LogP contribution is 2.39. The number of esters is 2. The molecule has 0 spiro atoms. The molecule has 3 aliphatic rings. The highest BCUT2D eigenvalue weighted by Gasteiger charge is 2.57. The number of hydrogen-bond acceptors (Lipinski definition) is 19. The summed E-state index contributed by atoms with van der Waals surface area (Å²) < 4.78 is 28.5. The van der Waals surface area contributed by atoms with E-state index in [1.165, 1.54) is 19.1 Å². The van der Waals surface area contributed by atoms with Crippen LogP contribution in [0, 0.1) is 17.8 Å². The number of carbonyl (C=O) groups is 2. The zero-order chi connectivity index (χ0) is 51.4. The van der Waals surface area contributed by atoms with Gasteiger partial charge in [-0.2, -0.15) is 0 Å². The van der Waals surface area contributed by atoms with Crippen LogP contribution in [0.4, 0.5) is 0 Å². The van der Waals surface area contributed by atoms with E-state index in [0.29, 0.717) is 0 Å². The molecule has 3 aliphatic heterocycles. The molecule has 0 amide bonds. The van der Waals surface area contributed by atoms with Crippen molar-refractivity contribution in [3.63, 3.8) is 0 Å². The van der Waals surface area contributed by atoms with Gasteiger partial charge in [0, 0.05) is 31.1 Å². The number of cyclic esters (lactones) is 1. The van der Waals surface area contributed by atoms with Crippen molar-refractivity contribution in [2.24, 2.45) is 23.5 Å². The van der Waals surface area contributed by atoms with Crippen LogP contribution in [-0.4, -0.2) is 178 Å². The summed E-state index contributed by atoms with van der Waals surface area (Å²) in [6, 6.07) is -1.18. The molecule has 390 valence electrons. The third-order valence-corrected chi connectivity index (χ3v) is 12.5. The second kappa shape index (κ2) is 29.6. The van der Waals surface area contributed by atoms with E-state index >= 15 is 0 Å². The van der Waals surface area contributed by atoms with Gasteiger partial charge in [-0.15, -0.1) is 0 Å². The van der Waals surface area contributed by atoms with Gasteiger partial charge in [-0.25, -0.2) is 0 Å². The van der Waals surface area contributed by atoms with Gasteiger partial charge < -0.3 is 85.6 Å². The number of carbonyl (C=O) groups excluding carboxylic acids is 2. The van der Waals surface area contributed by atoms with E-state index in [9.17, 15) is 65.8 Å². The molecule has 2 saturated heterocycles. The summed E-state index contributed by atoms with van der Waals surface area (Å²) in [7, 11) is 0.